The molecular formula is C13H17N3OS. The third kappa shape index (κ3) is 3.51. The minimum absolute atomic E-state index is 0.0878. The van der Waals surface area contributed by atoms with Crippen LogP contribution in [0.4, 0.5) is 5.13 Å². The van der Waals surface area contributed by atoms with E-state index in [1.807, 2.05) is 24.3 Å². The summed E-state index contributed by atoms with van der Waals surface area (Å²) in [5.74, 6) is 0.917. The van der Waals surface area contributed by atoms with Crippen LogP contribution in [0, 0.1) is 0 Å². The second-order valence-electron chi connectivity index (χ2n) is 4.09. The number of benzene rings is 1. The highest BCUT2D eigenvalue weighted by Gasteiger charge is 2.02. The number of anilines is 1. The Morgan fingerprint density at radius 3 is 2.61 bits per heavy atom. The zero-order valence-electron chi connectivity index (χ0n) is 10.4. The fourth-order valence-corrected chi connectivity index (χ4v) is 2.20. The van der Waals surface area contributed by atoms with Gasteiger partial charge in [-0.1, -0.05) is 31.2 Å². The third-order valence-electron chi connectivity index (χ3n) is 2.59. The number of hydrogen-bond acceptors (Lipinski definition) is 5. The molecule has 0 unspecified atom stereocenters. The van der Waals surface area contributed by atoms with Gasteiger partial charge in [0.15, 0.2) is 0 Å². The first-order valence-corrected chi connectivity index (χ1v) is 6.84. The monoisotopic (exact) mass is 263 g/mol. The van der Waals surface area contributed by atoms with Gasteiger partial charge in [-0.2, -0.15) is 4.37 Å². The van der Waals surface area contributed by atoms with Crippen molar-refractivity contribution in [1.82, 2.24) is 9.36 Å². The first kappa shape index (κ1) is 13.0. The number of nitrogens with one attached hydrogen (secondary N) is 1. The predicted molar refractivity (Wildman–Crippen MR) is 73.6 cm³/mol. The number of hydrogen-bond donors (Lipinski definition) is 2. The highest BCUT2D eigenvalue weighted by atomic mass is 32.1. The van der Waals surface area contributed by atoms with Gasteiger partial charge in [-0.3, -0.25) is 0 Å². The molecule has 0 aliphatic rings. The van der Waals surface area contributed by atoms with Crippen LogP contribution in [0.3, 0.4) is 0 Å². The molecule has 0 radical (unpaired) electrons. The van der Waals surface area contributed by atoms with Crippen LogP contribution in [0.2, 0.25) is 0 Å². The van der Waals surface area contributed by atoms with E-state index in [1.54, 1.807) is 0 Å². The quantitative estimate of drug-likeness (QED) is 0.841. The van der Waals surface area contributed by atoms with E-state index in [4.69, 9.17) is 5.11 Å². The van der Waals surface area contributed by atoms with E-state index >= 15 is 0 Å². The summed E-state index contributed by atoms with van der Waals surface area (Å²) in [6, 6.07) is 7.87. The van der Waals surface area contributed by atoms with E-state index < -0.39 is 0 Å². The number of aliphatic hydroxyl groups is 1. The highest BCUT2D eigenvalue weighted by Crippen LogP contribution is 2.14. The van der Waals surface area contributed by atoms with Gasteiger partial charge in [0.05, 0.1) is 6.61 Å². The van der Waals surface area contributed by atoms with Crippen molar-refractivity contribution in [3.05, 3.63) is 41.2 Å². The van der Waals surface area contributed by atoms with Crippen LogP contribution in [-0.2, 0) is 19.6 Å². The van der Waals surface area contributed by atoms with Gasteiger partial charge < -0.3 is 10.4 Å². The molecule has 0 amide bonds. The number of aliphatic hydroxyl groups excluding tert-OH is 1. The molecule has 0 aliphatic carbocycles. The van der Waals surface area contributed by atoms with Crippen LogP contribution in [-0.4, -0.2) is 14.5 Å². The third-order valence-corrected chi connectivity index (χ3v) is 3.30. The Labute approximate surface area is 111 Å². The van der Waals surface area contributed by atoms with Crippen LogP contribution >= 0.6 is 11.5 Å². The topological polar surface area (TPSA) is 58.0 Å². The summed E-state index contributed by atoms with van der Waals surface area (Å²) < 4.78 is 4.28. The Kier molecular flexibility index (Phi) is 4.66. The molecule has 1 heterocycles. The van der Waals surface area contributed by atoms with Crippen molar-refractivity contribution in [2.75, 3.05) is 5.32 Å². The van der Waals surface area contributed by atoms with Crippen LogP contribution in [0.25, 0.3) is 0 Å². The summed E-state index contributed by atoms with van der Waals surface area (Å²) in [7, 11) is 0. The van der Waals surface area contributed by atoms with Gasteiger partial charge >= 0.3 is 0 Å². The van der Waals surface area contributed by atoms with E-state index in [1.165, 1.54) is 17.1 Å². The summed E-state index contributed by atoms with van der Waals surface area (Å²) in [4.78, 5) is 4.41. The summed E-state index contributed by atoms with van der Waals surface area (Å²) in [5.41, 5.74) is 2.10. The van der Waals surface area contributed by atoms with E-state index in [0.717, 1.165) is 35.9 Å². The molecule has 0 saturated carbocycles. The first-order valence-electron chi connectivity index (χ1n) is 6.07. The molecule has 0 atom stereocenters. The maximum Gasteiger partial charge on any atom is 0.202 e. The molecule has 0 spiro atoms. The van der Waals surface area contributed by atoms with E-state index in [2.05, 4.69) is 21.6 Å². The normalized spacial score (nSPS) is 10.6. The number of nitrogens with zero attached hydrogens (tertiary/aromatic N) is 2. The SMILES string of the molecule is CCCc1nsc(NCc2ccc(CO)cc2)n1. The second kappa shape index (κ2) is 6.47. The average Bonchev–Trinajstić information content (AvgIpc) is 2.85. The lowest BCUT2D eigenvalue weighted by Crippen LogP contribution is -1.99. The molecule has 4 nitrogen and oxygen atoms in total. The first-order chi connectivity index (χ1) is 8.81. The van der Waals surface area contributed by atoms with Crippen molar-refractivity contribution in [3.8, 4) is 0 Å². The summed E-state index contributed by atoms with van der Waals surface area (Å²) in [5, 5.41) is 13.1. The second-order valence-corrected chi connectivity index (χ2v) is 4.85. The summed E-state index contributed by atoms with van der Waals surface area (Å²) >= 11 is 1.40. The Balaban J connectivity index is 1.89. The lowest BCUT2D eigenvalue weighted by atomic mass is 10.1. The zero-order chi connectivity index (χ0) is 12.8. The van der Waals surface area contributed by atoms with Crippen LogP contribution in [0.1, 0.15) is 30.3 Å². The van der Waals surface area contributed by atoms with Crippen molar-refractivity contribution in [1.29, 1.82) is 0 Å². The Hall–Kier alpha value is -1.46. The summed E-state index contributed by atoms with van der Waals surface area (Å²) in [6.45, 7) is 2.94. The molecule has 0 bridgehead atoms. The molecule has 2 rings (SSSR count). The maximum absolute atomic E-state index is 8.96. The van der Waals surface area contributed by atoms with Gasteiger partial charge in [0, 0.05) is 24.5 Å². The molecule has 96 valence electrons. The van der Waals surface area contributed by atoms with Gasteiger partial charge in [0.1, 0.15) is 5.82 Å². The van der Waals surface area contributed by atoms with Gasteiger partial charge in [0.25, 0.3) is 0 Å². The Morgan fingerprint density at radius 2 is 1.94 bits per heavy atom. The van der Waals surface area contributed by atoms with E-state index in [-0.39, 0.29) is 6.61 Å². The molecule has 2 N–H and O–H groups in total. The minimum Gasteiger partial charge on any atom is -0.392 e. The number of rotatable bonds is 6. The molecule has 1 aromatic carbocycles. The molecule has 2 aromatic rings. The lowest BCUT2D eigenvalue weighted by molar-refractivity contribution is 0.282. The zero-order valence-corrected chi connectivity index (χ0v) is 11.2. The smallest absolute Gasteiger partial charge is 0.202 e. The fourth-order valence-electron chi connectivity index (χ4n) is 1.59. The van der Waals surface area contributed by atoms with Gasteiger partial charge in [0.2, 0.25) is 5.13 Å². The predicted octanol–water partition coefficient (Wildman–Crippen LogP) is 2.60. The maximum atomic E-state index is 8.96. The van der Waals surface area contributed by atoms with Crippen molar-refractivity contribution < 1.29 is 5.11 Å². The average molecular weight is 263 g/mol. The van der Waals surface area contributed by atoms with Crippen LogP contribution in [0.5, 0.6) is 0 Å². The van der Waals surface area contributed by atoms with Gasteiger partial charge in [-0.25, -0.2) is 4.98 Å². The number of aromatic nitrogens is 2. The highest BCUT2D eigenvalue weighted by molar-refractivity contribution is 7.09. The molecule has 0 saturated heterocycles. The molecular weight excluding hydrogens is 246 g/mol. The molecule has 0 fully saturated rings. The van der Waals surface area contributed by atoms with Crippen LogP contribution < -0.4 is 5.32 Å². The van der Waals surface area contributed by atoms with Crippen molar-refractivity contribution in [3.63, 3.8) is 0 Å². The lowest BCUT2D eigenvalue weighted by Gasteiger charge is -2.03. The standard InChI is InChI=1S/C13H17N3OS/c1-2-3-12-15-13(18-16-12)14-8-10-4-6-11(9-17)7-5-10/h4-7,17H,2-3,8-9H2,1H3,(H,14,15,16). The Morgan fingerprint density at radius 1 is 1.22 bits per heavy atom. The van der Waals surface area contributed by atoms with E-state index in [9.17, 15) is 0 Å². The van der Waals surface area contributed by atoms with Crippen molar-refractivity contribution >= 4 is 16.7 Å². The van der Waals surface area contributed by atoms with Gasteiger partial charge in [-0.05, 0) is 17.5 Å². The van der Waals surface area contributed by atoms with Gasteiger partial charge in [-0.15, -0.1) is 0 Å². The number of aryl methyl sites for hydroxylation is 1. The molecule has 18 heavy (non-hydrogen) atoms. The van der Waals surface area contributed by atoms with Crippen molar-refractivity contribution in [2.24, 2.45) is 0 Å². The van der Waals surface area contributed by atoms with E-state index in [0.29, 0.717) is 0 Å². The minimum atomic E-state index is 0.0878. The van der Waals surface area contributed by atoms with Crippen molar-refractivity contribution in [2.45, 2.75) is 32.9 Å². The Bertz CT molecular complexity index is 481. The molecule has 1 aromatic heterocycles. The molecule has 0 aliphatic heterocycles. The molecule has 5 heteroatoms. The fraction of sp³-hybridized carbons (Fsp3) is 0.385. The van der Waals surface area contributed by atoms with Crippen LogP contribution in [0.15, 0.2) is 24.3 Å². The summed E-state index contributed by atoms with van der Waals surface area (Å²) in [6.07, 6.45) is 2.00. The largest absolute Gasteiger partial charge is 0.392 e.